The lowest BCUT2D eigenvalue weighted by Gasteiger charge is -2.30. The quantitative estimate of drug-likeness (QED) is 0.568. The minimum atomic E-state index is -0.466. The third-order valence-corrected chi connectivity index (χ3v) is 4.24. The lowest BCUT2D eigenvalue weighted by atomic mass is 10.1. The summed E-state index contributed by atoms with van der Waals surface area (Å²) in [4.78, 5) is 44.9. The van der Waals surface area contributed by atoms with Crippen molar-refractivity contribution < 1.29 is 19.2 Å². The number of amides is 4. The number of nitrogens with two attached hydrogens (primary N) is 1. The second-order valence-electron chi connectivity index (χ2n) is 6.00. The Hall–Kier alpha value is -1.57. The highest BCUT2D eigenvalue weighted by Gasteiger charge is 2.44. The number of hydrogen-bond donors (Lipinski definition) is 2. The number of nitrogens with zero attached hydrogens (tertiary/aromatic N) is 1. The molecule has 1 aliphatic heterocycles. The van der Waals surface area contributed by atoms with Gasteiger partial charge in [0.2, 0.25) is 24.1 Å². The van der Waals surface area contributed by atoms with E-state index in [2.05, 4.69) is 11.1 Å². The standard InChI is InChI=1S/C13H22N2O3S.CH3NO/c1-8(14-9(2)16)7-19-10-6-11(17)15(12(10)18)13(3,4)5;2-1-3/h8,10H,6-7H2,1-5H3,(H,14,16);1H,(H2,2,3). The number of carbonyl (C=O) groups excluding carboxylic acids is 4. The topological polar surface area (TPSA) is 110 Å². The average Bonchev–Trinajstić information content (AvgIpc) is 2.61. The fourth-order valence-corrected chi connectivity index (χ4v) is 3.20. The van der Waals surface area contributed by atoms with E-state index in [0.717, 1.165) is 0 Å². The van der Waals surface area contributed by atoms with Gasteiger partial charge in [-0.3, -0.25) is 24.1 Å². The highest BCUT2D eigenvalue weighted by atomic mass is 32.2. The van der Waals surface area contributed by atoms with Crippen molar-refractivity contribution in [3.63, 3.8) is 0 Å². The highest BCUT2D eigenvalue weighted by molar-refractivity contribution is 8.00. The van der Waals surface area contributed by atoms with Gasteiger partial charge in [-0.15, -0.1) is 11.8 Å². The fourth-order valence-electron chi connectivity index (χ4n) is 2.09. The SMILES string of the molecule is CC(=O)NC(C)CSC1CC(=O)N(C(C)(C)C)C1=O.NC=O. The van der Waals surface area contributed by atoms with Crippen molar-refractivity contribution in [2.75, 3.05) is 5.75 Å². The molecule has 8 heteroatoms. The molecule has 0 radical (unpaired) electrons. The van der Waals surface area contributed by atoms with Crippen LogP contribution < -0.4 is 11.1 Å². The molecule has 1 fully saturated rings. The molecule has 0 bridgehead atoms. The number of hydrogen-bond acceptors (Lipinski definition) is 5. The summed E-state index contributed by atoms with van der Waals surface area (Å²) in [6, 6.07) is -0.00547. The number of thioether (sulfide) groups is 1. The van der Waals surface area contributed by atoms with Gasteiger partial charge in [-0.1, -0.05) is 0 Å². The Kier molecular flexibility index (Phi) is 8.15. The van der Waals surface area contributed by atoms with Crippen LogP contribution in [0.2, 0.25) is 0 Å². The van der Waals surface area contributed by atoms with E-state index in [0.29, 0.717) is 5.75 Å². The molecule has 3 N–H and O–H groups in total. The smallest absolute Gasteiger partial charge is 0.243 e. The van der Waals surface area contributed by atoms with Crippen LogP contribution in [0.25, 0.3) is 0 Å². The minimum absolute atomic E-state index is 0.00547. The average molecular weight is 331 g/mol. The van der Waals surface area contributed by atoms with Crippen LogP contribution in [-0.4, -0.2) is 51.6 Å². The molecule has 7 nitrogen and oxygen atoms in total. The van der Waals surface area contributed by atoms with Gasteiger partial charge >= 0.3 is 0 Å². The van der Waals surface area contributed by atoms with E-state index in [4.69, 9.17) is 4.79 Å². The van der Waals surface area contributed by atoms with Gasteiger partial charge in [-0.05, 0) is 27.7 Å². The maximum atomic E-state index is 12.2. The van der Waals surface area contributed by atoms with Gasteiger partial charge in [0.1, 0.15) is 0 Å². The van der Waals surface area contributed by atoms with E-state index in [-0.39, 0.29) is 41.8 Å². The zero-order chi connectivity index (χ0) is 17.5. The van der Waals surface area contributed by atoms with E-state index in [9.17, 15) is 14.4 Å². The molecule has 2 unspecified atom stereocenters. The summed E-state index contributed by atoms with van der Waals surface area (Å²) in [6.45, 7) is 8.92. The summed E-state index contributed by atoms with van der Waals surface area (Å²) in [5.41, 5.74) is 3.70. The van der Waals surface area contributed by atoms with Gasteiger partial charge < -0.3 is 11.1 Å². The van der Waals surface area contributed by atoms with E-state index in [1.807, 2.05) is 27.7 Å². The third-order valence-electron chi connectivity index (χ3n) is 2.77. The number of carbonyl (C=O) groups is 4. The largest absolute Gasteiger partial charge is 0.372 e. The van der Waals surface area contributed by atoms with Gasteiger partial charge in [0.15, 0.2) is 0 Å². The van der Waals surface area contributed by atoms with Crippen molar-refractivity contribution in [2.45, 2.75) is 57.9 Å². The normalized spacial score (nSPS) is 19.3. The van der Waals surface area contributed by atoms with Crippen LogP contribution in [0, 0.1) is 0 Å². The zero-order valence-electron chi connectivity index (χ0n) is 13.7. The molecule has 2 atom stereocenters. The first-order valence-corrected chi connectivity index (χ1v) is 8.00. The molecule has 22 heavy (non-hydrogen) atoms. The second kappa shape index (κ2) is 8.77. The Morgan fingerprint density at radius 3 is 2.36 bits per heavy atom. The Labute approximate surface area is 135 Å². The Bertz CT molecular complexity index is 434. The van der Waals surface area contributed by atoms with Crippen LogP contribution in [0.4, 0.5) is 0 Å². The van der Waals surface area contributed by atoms with Crippen molar-refractivity contribution in [2.24, 2.45) is 5.73 Å². The lowest BCUT2D eigenvalue weighted by molar-refractivity contribution is -0.143. The lowest BCUT2D eigenvalue weighted by Crippen LogP contribution is -2.46. The van der Waals surface area contributed by atoms with Crippen molar-refractivity contribution in [3.8, 4) is 0 Å². The highest BCUT2D eigenvalue weighted by Crippen LogP contribution is 2.30. The number of likely N-dealkylation sites (tertiary alicyclic amines) is 1. The van der Waals surface area contributed by atoms with Crippen molar-refractivity contribution >= 4 is 35.9 Å². The molecule has 0 aromatic heterocycles. The Morgan fingerprint density at radius 1 is 1.50 bits per heavy atom. The second-order valence-corrected chi connectivity index (χ2v) is 7.24. The molecule has 4 amide bonds. The predicted molar refractivity (Wildman–Crippen MR) is 86.0 cm³/mol. The van der Waals surface area contributed by atoms with Crippen LogP contribution in [0.1, 0.15) is 41.0 Å². The van der Waals surface area contributed by atoms with E-state index < -0.39 is 5.54 Å². The monoisotopic (exact) mass is 331 g/mol. The maximum absolute atomic E-state index is 12.2. The number of primary amides is 1. The van der Waals surface area contributed by atoms with Crippen LogP contribution in [0.5, 0.6) is 0 Å². The molecule has 1 heterocycles. The number of nitrogens with one attached hydrogen (secondary N) is 1. The van der Waals surface area contributed by atoms with Gasteiger partial charge in [0, 0.05) is 30.7 Å². The molecule has 0 spiro atoms. The summed E-state index contributed by atoms with van der Waals surface area (Å²) in [5, 5.41) is 2.45. The van der Waals surface area contributed by atoms with Gasteiger partial charge in [-0.2, -0.15) is 0 Å². The summed E-state index contributed by atoms with van der Waals surface area (Å²) in [7, 11) is 0. The summed E-state index contributed by atoms with van der Waals surface area (Å²) in [5.74, 6) is 0.319. The first-order valence-electron chi connectivity index (χ1n) is 6.95. The molecular formula is C14H25N3O4S. The summed E-state index contributed by atoms with van der Waals surface area (Å²) >= 11 is 1.44. The molecule has 0 aliphatic carbocycles. The molecule has 1 aliphatic rings. The Morgan fingerprint density at radius 2 is 2.00 bits per heavy atom. The molecule has 0 aromatic carbocycles. The fraction of sp³-hybridized carbons (Fsp3) is 0.714. The number of rotatable bonds is 4. The Balaban J connectivity index is 0.00000135. The van der Waals surface area contributed by atoms with Crippen LogP contribution in [0.15, 0.2) is 0 Å². The van der Waals surface area contributed by atoms with Crippen LogP contribution in [0.3, 0.4) is 0 Å². The molecule has 126 valence electrons. The van der Waals surface area contributed by atoms with Gasteiger partial charge in [0.05, 0.1) is 5.25 Å². The third kappa shape index (κ3) is 6.46. The number of imide groups is 1. The van der Waals surface area contributed by atoms with Crippen molar-refractivity contribution in [3.05, 3.63) is 0 Å². The van der Waals surface area contributed by atoms with Crippen LogP contribution >= 0.6 is 11.8 Å². The minimum Gasteiger partial charge on any atom is -0.372 e. The van der Waals surface area contributed by atoms with Crippen LogP contribution in [-0.2, 0) is 19.2 Å². The summed E-state index contributed by atoms with van der Waals surface area (Å²) < 4.78 is 0. The molecule has 0 aromatic rings. The molecule has 1 rings (SSSR count). The summed E-state index contributed by atoms with van der Waals surface area (Å²) in [6.07, 6.45) is 0.508. The van der Waals surface area contributed by atoms with Crippen molar-refractivity contribution in [1.29, 1.82) is 0 Å². The zero-order valence-corrected chi connectivity index (χ0v) is 14.5. The molecular weight excluding hydrogens is 306 g/mol. The van der Waals surface area contributed by atoms with E-state index in [1.54, 1.807) is 0 Å². The van der Waals surface area contributed by atoms with Crippen molar-refractivity contribution in [1.82, 2.24) is 10.2 Å². The first-order chi connectivity index (χ1) is 10.0. The predicted octanol–water partition coefficient (Wildman–Crippen LogP) is 0.272. The molecule has 0 saturated carbocycles. The maximum Gasteiger partial charge on any atom is 0.243 e. The van der Waals surface area contributed by atoms with E-state index in [1.165, 1.54) is 23.6 Å². The first kappa shape index (κ1) is 20.4. The van der Waals surface area contributed by atoms with E-state index >= 15 is 0 Å². The van der Waals surface area contributed by atoms with Gasteiger partial charge in [-0.25, -0.2) is 0 Å². The van der Waals surface area contributed by atoms with Gasteiger partial charge in [0.25, 0.3) is 0 Å². The molecule has 1 saturated heterocycles.